The first-order valence-electron chi connectivity index (χ1n) is 27.7. The van der Waals surface area contributed by atoms with Crippen LogP contribution in [0, 0.1) is 0 Å². The maximum atomic E-state index is 12.3. The molecule has 0 unspecified atom stereocenters. The molecule has 0 aromatic heterocycles. The number of hydrogen-bond donors (Lipinski definition) is 2. The number of carbonyl (C=O) groups is 2. The van der Waals surface area contributed by atoms with E-state index in [4.69, 9.17) is 0 Å². The minimum absolute atomic E-state index is 0.103. The highest BCUT2D eigenvalue weighted by Gasteiger charge is 2.07. The van der Waals surface area contributed by atoms with Crippen molar-refractivity contribution in [3.05, 3.63) is 12.2 Å². The summed E-state index contributed by atoms with van der Waals surface area (Å²) in [5, 5.41) is 13.2. The van der Waals surface area contributed by atoms with Gasteiger partial charge in [0.05, 0.1) is 6.10 Å². The lowest BCUT2D eigenvalue weighted by atomic mass is 10.0. The lowest BCUT2D eigenvalue weighted by molar-refractivity contribution is -0.121. The van der Waals surface area contributed by atoms with Gasteiger partial charge in [0.25, 0.3) is 0 Å². The van der Waals surface area contributed by atoms with E-state index in [0.29, 0.717) is 18.7 Å². The number of hydrogen-bond acceptors (Lipinski definition) is 3. The number of allylic oxidation sites excluding steroid dienone is 2. The van der Waals surface area contributed by atoms with E-state index in [2.05, 4.69) is 31.3 Å². The number of nitrogens with one attached hydrogen (secondary N) is 1. The molecule has 0 aliphatic carbocycles. The molecule has 0 aliphatic rings. The van der Waals surface area contributed by atoms with E-state index in [1.54, 1.807) is 0 Å². The third-order valence-corrected chi connectivity index (χ3v) is 13.0. The average Bonchev–Trinajstić information content (AvgIpc) is 3.25. The van der Waals surface area contributed by atoms with Gasteiger partial charge in [-0.15, -0.1) is 0 Å². The first kappa shape index (κ1) is 58.8. The van der Waals surface area contributed by atoms with Crippen LogP contribution in [0.2, 0.25) is 0 Å². The predicted molar refractivity (Wildman–Crippen MR) is 266 cm³/mol. The normalized spacial score (nSPS) is 12.2. The van der Waals surface area contributed by atoms with Gasteiger partial charge in [0.1, 0.15) is 5.78 Å². The van der Waals surface area contributed by atoms with Gasteiger partial charge in [-0.25, -0.2) is 0 Å². The molecule has 0 aromatic carbocycles. The number of ketones is 1. The van der Waals surface area contributed by atoms with Crippen LogP contribution in [0.4, 0.5) is 0 Å². The van der Waals surface area contributed by atoms with Crippen molar-refractivity contribution in [1.82, 2.24) is 5.32 Å². The number of rotatable bonds is 52. The first-order chi connectivity index (χ1) is 29.6. The number of unbranched alkanes of at least 4 members (excludes halogenated alkanes) is 40. The van der Waals surface area contributed by atoms with E-state index in [9.17, 15) is 14.7 Å². The molecule has 4 heteroatoms. The van der Waals surface area contributed by atoms with Gasteiger partial charge in [-0.3, -0.25) is 9.59 Å². The van der Waals surface area contributed by atoms with Crippen molar-refractivity contribution in [3.8, 4) is 0 Å². The molecular formula is C56H109NO3. The van der Waals surface area contributed by atoms with Crippen molar-refractivity contribution in [1.29, 1.82) is 0 Å². The van der Waals surface area contributed by atoms with Crippen molar-refractivity contribution in [2.45, 2.75) is 328 Å². The van der Waals surface area contributed by atoms with Crippen molar-refractivity contribution >= 4 is 11.7 Å². The van der Waals surface area contributed by atoms with Crippen molar-refractivity contribution in [2.75, 3.05) is 6.54 Å². The molecule has 0 spiro atoms. The number of aliphatic hydroxyl groups is 1. The molecule has 2 N–H and O–H groups in total. The predicted octanol–water partition coefficient (Wildman–Crippen LogP) is 18.4. The van der Waals surface area contributed by atoms with E-state index in [-0.39, 0.29) is 5.91 Å². The summed E-state index contributed by atoms with van der Waals surface area (Å²) in [6, 6.07) is 0. The second kappa shape index (κ2) is 52.2. The third kappa shape index (κ3) is 51.2. The molecule has 0 radical (unpaired) electrons. The summed E-state index contributed by atoms with van der Waals surface area (Å²) >= 11 is 0. The highest BCUT2D eigenvalue weighted by Crippen LogP contribution is 2.17. The molecule has 0 aliphatic heterocycles. The molecular weight excluding hydrogens is 735 g/mol. The van der Waals surface area contributed by atoms with Gasteiger partial charge in [0, 0.05) is 25.8 Å². The van der Waals surface area contributed by atoms with Crippen LogP contribution in [0.25, 0.3) is 0 Å². The van der Waals surface area contributed by atoms with Gasteiger partial charge in [0.2, 0.25) is 5.91 Å². The zero-order chi connectivity index (χ0) is 43.5. The van der Waals surface area contributed by atoms with Crippen LogP contribution in [-0.2, 0) is 9.59 Å². The van der Waals surface area contributed by atoms with Gasteiger partial charge >= 0.3 is 0 Å². The molecule has 1 amide bonds. The van der Waals surface area contributed by atoms with Crippen LogP contribution >= 0.6 is 0 Å². The molecule has 0 saturated heterocycles. The molecule has 1 atom stereocenters. The van der Waals surface area contributed by atoms with Crippen molar-refractivity contribution < 1.29 is 14.7 Å². The van der Waals surface area contributed by atoms with Crippen LogP contribution < -0.4 is 5.32 Å². The Labute approximate surface area is 377 Å². The van der Waals surface area contributed by atoms with E-state index >= 15 is 0 Å². The zero-order valence-electron chi connectivity index (χ0n) is 41.1. The Bertz CT molecular complexity index is 871. The molecule has 0 aromatic rings. The lowest BCUT2D eigenvalue weighted by Gasteiger charge is -2.12. The second-order valence-corrected chi connectivity index (χ2v) is 19.2. The Kier molecular flexibility index (Phi) is 51.2. The Balaban J connectivity index is 3.29. The Morgan fingerprint density at radius 2 is 0.633 bits per heavy atom. The Hall–Kier alpha value is -1.16. The molecule has 0 rings (SSSR count). The highest BCUT2D eigenvalue weighted by atomic mass is 16.3. The SMILES string of the molecule is CCCCCCCCC=CCCCCCCCCCCCC(=O)CCCCCCCCCCCCCCCC(=O)NC[C@H](O)CCCCCCCCCCCCCCCC. The molecule has 356 valence electrons. The smallest absolute Gasteiger partial charge is 0.220 e. The number of carbonyl (C=O) groups excluding carboxylic acids is 2. The van der Waals surface area contributed by atoms with Crippen LogP contribution in [0.3, 0.4) is 0 Å². The van der Waals surface area contributed by atoms with E-state index in [1.165, 1.54) is 250 Å². The van der Waals surface area contributed by atoms with Crippen LogP contribution in [0.5, 0.6) is 0 Å². The fourth-order valence-corrected chi connectivity index (χ4v) is 8.77. The summed E-state index contributed by atoms with van der Waals surface area (Å²) in [7, 11) is 0. The minimum atomic E-state index is -0.399. The fraction of sp³-hybridized carbons (Fsp3) is 0.929. The van der Waals surface area contributed by atoms with E-state index < -0.39 is 6.10 Å². The Morgan fingerprint density at radius 1 is 0.367 bits per heavy atom. The maximum Gasteiger partial charge on any atom is 0.220 e. The van der Waals surface area contributed by atoms with Crippen molar-refractivity contribution in [2.24, 2.45) is 0 Å². The summed E-state index contributed by atoms with van der Waals surface area (Å²) < 4.78 is 0. The topological polar surface area (TPSA) is 66.4 Å². The van der Waals surface area contributed by atoms with Gasteiger partial charge in [-0.2, -0.15) is 0 Å². The van der Waals surface area contributed by atoms with Gasteiger partial charge in [0.15, 0.2) is 0 Å². The average molecular weight is 844 g/mol. The summed E-state index contributed by atoms with van der Waals surface area (Å²) in [5.74, 6) is 0.603. The molecule has 0 fully saturated rings. The van der Waals surface area contributed by atoms with Gasteiger partial charge in [-0.05, 0) is 51.4 Å². The summed E-state index contributed by atoms with van der Waals surface area (Å²) in [4.78, 5) is 24.5. The van der Waals surface area contributed by atoms with Gasteiger partial charge < -0.3 is 10.4 Å². The van der Waals surface area contributed by atoms with Gasteiger partial charge in [-0.1, -0.05) is 264 Å². The summed E-state index contributed by atoms with van der Waals surface area (Å²) in [6.07, 6.45) is 65.4. The molecule has 0 bridgehead atoms. The number of Topliss-reactive ketones (excluding diaryl/α,β-unsaturated/α-hetero) is 1. The maximum absolute atomic E-state index is 12.3. The van der Waals surface area contributed by atoms with E-state index in [0.717, 1.165) is 51.4 Å². The second-order valence-electron chi connectivity index (χ2n) is 19.2. The largest absolute Gasteiger partial charge is 0.391 e. The number of amides is 1. The van der Waals surface area contributed by atoms with Crippen LogP contribution in [-0.4, -0.2) is 29.4 Å². The molecule has 0 heterocycles. The lowest BCUT2D eigenvalue weighted by Crippen LogP contribution is -2.31. The minimum Gasteiger partial charge on any atom is -0.391 e. The Morgan fingerprint density at radius 3 is 0.967 bits per heavy atom. The quantitative estimate of drug-likeness (QED) is 0.0473. The molecule has 0 saturated carbocycles. The number of aliphatic hydroxyl groups excluding tert-OH is 1. The fourth-order valence-electron chi connectivity index (χ4n) is 8.77. The highest BCUT2D eigenvalue weighted by molar-refractivity contribution is 5.78. The van der Waals surface area contributed by atoms with E-state index in [1.807, 2.05) is 0 Å². The summed E-state index contributed by atoms with van der Waals surface area (Å²) in [6.45, 7) is 4.98. The molecule has 60 heavy (non-hydrogen) atoms. The first-order valence-corrected chi connectivity index (χ1v) is 27.7. The molecule has 4 nitrogen and oxygen atoms in total. The van der Waals surface area contributed by atoms with Crippen LogP contribution in [0.15, 0.2) is 12.2 Å². The third-order valence-electron chi connectivity index (χ3n) is 13.0. The monoisotopic (exact) mass is 844 g/mol. The standard InChI is InChI=1S/C56H109NO3/c1-3-5-7-9-11-13-15-17-19-20-21-22-23-26-29-33-37-41-45-49-54(58)50-46-42-38-34-30-27-24-28-32-36-40-44-48-52-56(60)57-53-55(59)51-47-43-39-35-31-25-18-16-14-12-10-8-6-4-2/h17,19,55,59H,3-16,18,20-53H2,1-2H3,(H,57,60)/t55-/m1/s1. The van der Waals surface area contributed by atoms with Crippen molar-refractivity contribution in [3.63, 3.8) is 0 Å². The summed E-state index contributed by atoms with van der Waals surface area (Å²) in [5.41, 5.74) is 0. The van der Waals surface area contributed by atoms with Crippen LogP contribution in [0.1, 0.15) is 322 Å². The zero-order valence-corrected chi connectivity index (χ0v) is 41.1.